The zero-order valence-corrected chi connectivity index (χ0v) is 11.5. The number of hydrogen-bond acceptors (Lipinski definition) is 0. The van der Waals surface area contributed by atoms with E-state index in [4.69, 9.17) is 0 Å². The molecule has 0 aromatic heterocycles. The van der Waals surface area contributed by atoms with Crippen LogP contribution in [-0.4, -0.2) is 32.4 Å². The summed E-state index contributed by atoms with van der Waals surface area (Å²) in [5.74, 6) is 0. The molecule has 80 valence electrons. The van der Waals surface area contributed by atoms with Gasteiger partial charge in [0.1, 0.15) is 0 Å². The Morgan fingerprint density at radius 3 is 2.29 bits per heavy atom. The van der Waals surface area contributed by atoms with Gasteiger partial charge in [-0.15, -0.1) is 0 Å². The molecule has 1 rings (SSSR count). The second kappa shape index (κ2) is 3.24. The third-order valence-electron chi connectivity index (χ3n) is 4.77. The van der Waals surface area contributed by atoms with Gasteiger partial charge in [-0.3, -0.25) is 0 Å². The van der Waals surface area contributed by atoms with E-state index in [1.165, 1.54) is 12.6 Å². The molecule has 0 unspecified atom stereocenters. The van der Waals surface area contributed by atoms with Crippen molar-refractivity contribution in [2.45, 2.75) is 32.2 Å². The second-order valence-corrected chi connectivity index (χ2v) is 13.5. The van der Waals surface area contributed by atoms with Crippen LogP contribution in [0.1, 0.15) is 27.2 Å². The first-order valence-electron chi connectivity index (χ1n) is 5.58. The molecule has 0 heterocycles. The molecule has 0 N–H and O–H groups in total. The summed E-state index contributed by atoms with van der Waals surface area (Å²) in [5, 5.41) is 2.14. The van der Waals surface area contributed by atoms with E-state index in [0.717, 1.165) is 0 Å². The minimum absolute atomic E-state index is 0.429. The maximum atomic E-state index is 2.55. The first kappa shape index (κ1) is 12.0. The van der Waals surface area contributed by atoms with Gasteiger partial charge in [0.05, 0.1) is 0 Å². The zero-order valence-electron chi connectivity index (χ0n) is 10.6. The van der Waals surface area contributed by atoms with Gasteiger partial charge in [0.25, 0.3) is 0 Å². The van der Waals surface area contributed by atoms with Crippen LogP contribution in [0.15, 0.2) is 23.5 Å². The predicted octanol–water partition coefficient (Wildman–Crippen LogP) is 3.03. The molecule has 1 aliphatic rings. The van der Waals surface area contributed by atoms with Crippen molar-refractivity contribution in [2.24, 2.45) is 0 Å². The molecule has 0 nitrogen and oxygen atoms in total. The Morgan fingerprint density at radius 1 is 1.43 bits per heavy atom. The van der Waals surface area contributed by atoms with Gasteiger partial charge in [-0.2, -0.15) is 0 Å². The SMILES string of the molecule is BC(C)(C)P(C)(C)(CC)C1=CC=CC1. The number of rotatable bonds is 3. The molecule has 14 heavy (non-hydrogen) atoms. The van der Waals surface area contributed by atoms with E-state index in [1.54, 1.807) is 5.31 Å². The van der Waals surface area contributed by atoms with Gasteiger partial charge < -0.3 is 0 Å². The van der Waals surface area contributed by atoms with E-state index in [2.05, 4.69) is 60.2 Å². The van der Waals surface area contributed by atoms with Crippen LogP contribution in [0, 0.1) is 0 Å². The summed E-state index contributed by atoms with van der Waals surface area (Å²) in [6, 6.07) is 0. The van der Waals surface area contributed by atoms with Gasteiger partial charge in [0.15, 0.2) is 0 Å². The fraction of sp³-hybridized carbons (Fsp3) is 0.667. The predicted molar refractivity (Wildman–Crippen MR) is 73.8 cm³/mol. The topological polar surface area (TPSA) is 0 Å². The molecular weight excluding hydrogens is 186 g/mol. The van der Waals surface area contributed by atoms with E-state index in [-0.39, 0.29) is 0 Å². The van der Waals surface area contributed by atoms with E-state index < -0.39 is 6.60 Å². The summed E-state index contributed by atoms with van der Waals surface area (Å²) < 4.78 is 0. The summed E-state index contributed by atoms with van der Waals surface area (Å²) in [6.07, 6.45) is 9.40. The fourth-order valence-electron chi connectivity index (χ4n) is 2.08. The Labute approximate surface area is 90.2 Å². The van der Waals surface area contributed by atoms with Crippen LogP contribution in [0.5, 0.6) is 0 Å². The third-order valence-corrected chi connectivity index (χ3v) is 13.1. The minimum atomic E-state index is -1.67. The molecule has 0 saturated heterocycles. The first-order chi connectivity index (χ1) is 6.22. The summed E-state index contributed by atoms with van der Waals surface area (Å²) >= 11 is 0. The molecule has 0 aromatic carbocycles. The van der Waals surface area contributed by atoms with E-state index in [0.29, 0.717) is 5.06 Å². The van der Waals surface area contributed by atoms with Crippen LogP contribution in [0.25, 0.3) is 0 Å². The summed E-state index contributed by atoms with van der Waals surface area (Å²) in [6.45, 7) is 10.6. The summed E-state index contributed by atoms with van der Waals surface area (Å²) in [5.41, 5.74) is 0. The molecule has 0 fully saturated rings. The van der Waals surface area contributed by atoms with Gasteiger partial charge in [0, 0.05) is 0 Å². The van der Waals surface area contributed by atoms with Crippen LogP contribution in [0.2, 0.25) is 0 Å². The van der Waals surface area contributed by atoms with Crippen LogP contribution in [0.4, 0.5) is 0 Å². The normalized spacial score (nSPS) is 20.4. The number of hydrogen-bond donors (Lipinski definition) is 0. The quantitative estimate of drug-likeness (QED) is 0.496. The average Bonchev–Trinajstić information content (AvgIpc) is 2.55. The molecule has 1 aliphatic carbocycles. The molecule has 0 radical (unpaired) electrons. The van der Waals surface area contributed by atoms with Crippen molar-refractivity contribution in [3.63, 3.8) is 0 Å². The van der Waals surface area contributed by atoms with Crippen molar-refractivity contribution in [1.29, 1.82) is 0 Å². The van der Waals surface area contributed by atoms with E-state index in [1.807, 2.05) is 0 Å². The van der Waals surface area contributed by atoms with Crippen LogP contribution >= 0.6 is 6.60 Å². The Kier molecular flexibility index (Phi) is 2.79. The van der Waals surface area contributed by atoms with Crippen molar-refractivity contribution in [3.05, 3.63) is 23.5 Å². The van der Waals surface area contributed by atoms with Crippen molar-refractivity contribution < 1.29 is 0 Å². The second-order valence-electron chi connectivity index (χ2n) is 6.18. The molecule has 0 aromatic rings. The molecule has 0 saturated carbocycles. The molecule has 0 aliphatic heterocycles. The summed E-state index contributed by atoms with van der Waals surface area (Å²) in [4.78, 5) is 0. The van der Waals surface area contributed by atoms with Crippen molar-refractivity contribution in [3.8, 4) is 0 Å². The first-order valence-corrected chi connectivity index (χ1v) is 8.90. The third kappa shape index (κ3) is 1.50. The maximum absolute atomic E-state index is 2.55. The monoisotopic (exact) mass is 210 g/mol. The van der Waals surface area contributed by atoms with Crippen LogP contribution in [0.3, 0.4) is 0 Å². The van der Waals surface area contributed by atoms with Crippen molar-refractivity contribution in [2.75, 3.05) is 19.5 Å². The van der Waals surface area contributed by atoms with Gasteiger partial charge in [0.2, 0.25) is 0 Å². The van der Waals surface area contributed by atoms with Crippen LogP contribution in [-0.2, 0) is 0 Å². The Morgan fingerprint density at radius 2 is 2.00 bits per heavy atom. The Hall–Kier alpha value is -0.0251. The van der Waals surface area contributed by atoms with Crippen molar-refractivity contribution in [1.82, 2.24) is 0 Å². The van der Waals surface area contributed by atoms with Gasteiger partial charge >= 0.3 is 89.7 Å². The summed E-state index contributed by atoms with van der Waals surface area (Å²) in [7, 11) is 2.41. The molecule has 0 bridgehead atoms. The number of allylic oxidation sites excluding steroid dienone is 4. The zero-order chi connectivity index (χ0) is 11.1. The van der Waals surface area contributed by atoms with Gasteiger partial charge in [-0.05, 0) is 0 Å². The Bertz CT molecular complexity index is 292. The molecule has 0 amide bonds. The molecule has 0 spiro atoms. The van der Waals surface area contributed by atoms with Gasteiger partial charge in [-0.1, -0.05) is 0 Å². The van der Waals surface area contributed by atoms with E-state index in [9.17, 15) is 0 Å². The fourth-order valence-corrected chi connectivity index (χ4v) is 5.55. The molecule has 2 heteroatoms. The average molecular weight is 210 g/mol. The molecular formula is C12H24BP. The molecule has 0 atom stereocenters. The standard InChI is InChI=1S/C12H24BP/c1-6-14(4,5,12(2,3)13)11-9-7-8-10-11/h7-9H,6,10,13H2,1-5H3. The van der Waals surface area contributed by atoms with Crippen LogP contribution < -0.4 is 0 Å². The Balaban J connectivity index is 3.20. The van der Waals surface area contributed by atoms with Gasteiger partial charge in [-0.25, -0.2) is 0 Å². The van der Waals surface area contributed by atoms with E-state index >= 15 is 0 Å². The van der Waals surface area contributed by atoms with Crippen molar-refractivity contribution >= 4 is 14.4 Å².